The summed E-state index contributed by atoms with van der Waals surface area (Å²) in [5.74, 6) is -2.82. The first-order chi connectivity index (χ1) is 8.26. The van der Waals surface area contributed by atoms with E-state index in [0.717, 1.165) is 19.1 Å². The van der Waals surface area contributed by atoms with E-state index < -0.39 is 32.6 Å². The monoisotopic (exact) mass is 271 g/mol. The summed E-state index contributed by atoms with van der Waals surface area (Å²) in [4.78, 5) is 10.6. The summed E-state index contributed by atoms with van der Waals surface area (Å²) in [7, 11) is -3.93. The zero-order chi connectivity index (χ0) is 13.9. The lowest BCUT2D eigenvalue weighted by molar-refractivity contribution is -0.136. The number of hydrogen-bond donors (Lipinski definition) is 1. The van der Waals surface area contributed by atoms with Gasteiger partial charge in [0.2, 0.25) is 0 Å². The number of sulfone groups is 1. The zero-order valence-electron chi connectivity index (χ0n) is 9.42. The van der Waals surface area contributed by atoms with E-state index >= 15 is 0 Å². The summed E-state index contributed by atoms with van der Waals surface area (Å²) < 4.78 is 36.4. The first kappa shape index (κ1) is 14.1. The minimum atomic E-state index is -3.93. The van der Waals surface area contributed by atoms with Crippen molar-refractivity contribution in [2.45, 2.75) is 17.9 Å². The predicted octanol–water partition coefficient (Wildman–Crippen LogP) is 1.09. The molecule has 5 nitrogen and oxygen atoms in total. The van der Waals surface area contributed by atoms with Crippen LogP contribution in [0.2, 0.25) is 0 Å². The molecule has 0 saturated heterocycles. The standard InChI is InChI=1S/C11H10FNO4S/c1-7(11(14)15)18(16,17)6-9-2-8(5-13)3-10(12)4-9/h2-4,7H,6H2,1H3,(H,14,15). The van der Waals surface area contributed by atoms with E-state index in [-0.39, 0.29) is 11.1 Å². The Hall–Kier alpha value is -1.94. The maximum atomic E-state index is 13.1. The van der Waals surface area contributed by atoms with Crippen molar-refractivity contribution in [1.29, 1.82) is 5.26 Å². The van der Waals surface area contributed by atoms with Gasteiger partial charge in [0.05, 0.1) is 17.4 Å². The molecule has 0 saturated carbocycles. The summed E-state index contributed by atoms with van der Waals surface area (Å²) in [6.07, 6.45) is 0. The Bertz CT molecular complexity index is 618. The van der Waals surface area contributed by atoms with Crippen molar-refractivity contribution < 1.29 is 22.7 Å². The number of hydrogen-bond acceptors (Lipinski definition) is 4. The molecule has 96 valence electrons. The van der Waals surface area contributed by atoms with E-state index in [1.165, 1.54) is 6.07 Å². The first-order valence-corrected chi connectivity index (χ1v) is 6.62. The van der Waals surface area contributed by atoms with Crippen LogP contribution < -0.4 is 0 Å². The fourth-order valence-corrected chi connectivity index (χ4v) is 2.50. The molecule has 0 bridgehead atoms. The van der Waals surface area contributed by atoms with Gasteiger partial charge in [-0.25, -0.2) is 12.8 Å². The SMILES string of the molecule is CC(C(=O)O)S(=O)(=O)Cc1cc(F)cc(C#N)c1. The second kappa shape index (κ2) is 5.14. The van der Waals surface area contributed by atoms with Crippen LogP contribution in [0.4, 0.5) is 4.39 Å². The van der Waals surface area contributed by atoms with E-state index in [2.05, 4.69) is 0 Å². The molecule has 0 aliphatic rings. The van der Waals surface area contributed by atoms with Crippen molar-refractivity contribution in [3.05, 3.63) is 35.1 Å². The number of carboxylic acid groups (broad SMARTS) is 1. The fraction of sp³-hybridized carbons (Fsp3) is 0.273. The van der Waals surface area contributed by atoms with Gasteiger partial charge >= 0.3 is 5.97 Å². The quantitative estimate of drug-likeness (QED) is 0.884. The largest absolute Gasteiger partial charge is 0.480 e. The maximum absolute atomic E-state index is 13.1. The van der Waals surface area contributed by atoms with Gasteiger partial charge in [0.1, 0.15) is 5.82 Å². The van der Waals surface area contributed by atoms with Crippen LogP contribution in [0.1, 0.15) is 18.1 Å². The third kappa shape index (κ3) is 3.28. The van der Waals surface area contributed by atoms with Crippen LogP contribution in [0.25, 0.3) is 0 Å². The summed E-state index contributed by atoms with van der Waals surface area (Å²) >= 11 is 0. The Labute approximate surface area is 103 Å². The predicted molar refractivity (Wildman–Crippen MR) is 60.8 cm³/mol. The van der Waals surface area contributed by atoms with Gasteiger partial charge in [0.15, 0.2) is 15.1 Å². The van der Waals surface area contributed by atoms with Crippen LogP contribution in [-0.2, 0) is 20.4 Å². The van der Waals surface area contributed by atoms with Gasteiger partial charge < -0.3 is 5.11 Å². The van der Waals surface area contributed by atoms with Crippen LogP contribution in [-0.4, -0.2) is 24.7 Å². The van der Waals surface area contributed by atoms with Gasteiger partial charge in [-0.15, -0.1) is 0 Å². The minimum Gasteiger partial charge on any atom is -0.480 e. The number of aliphatic carboxylic acids is 1. The Balaban J connectivity index is 3.09. The van der Waals surface area contributed by atoms with Crippen LogP contribution >= 0.6 is 0 Å². The molecule has 7 heteroatoms. The molecule has 0 fully saturated rings. The molecule has 1 aromatic rings. The number of nitrogens with zero attached hydrogens (tertiary/aromatic N) is 1. The molecule has 0 aliphatic heterocycles. The molecular weight excluding hydrogens is 261 g/mol. The molecule has 0 aromatic heterocycles. The van der Waals surface area contributed by atoms with Gasteiger partial charge in [-0.1, -0.05) is 0 Å². The Kier molecular flexibility index (Phi) is 4.03. The van der Waals surface area contributed by atoms with Crippen molar-refractivity contribution in [3.8, 4) is 6.07 Å². The van der Waals surface area contributed by atoms with E-state index in [4.69, 9.17) is 10.4 Å². The molecule has 1 aromatic carbocycles. The summed E-state index contributed by atoms with van der Waals surface area (Å²) in [6, 6.07) is 4.85. The van der Waals surface area contributed by atoms with Crippen LogP contribution in [0, 0.1) is 17.1 Å². The number of carboxylic acids is 1. The second-order valence-corrected chi connectivity index (χ2v) is 6.07. The Morgan fingerprint density at radius 2 is 2.11 bits per heavy atom. The average Bonchev–Trinajstić information content (AvgIpc) is 2.26. The highest BCUT2D eigenvalue weighted by Crippen LogP contribution is 2.15. The van der Waals surface area contributed by atoms with Crippen LogP contribution in [0.3, 0.4) is 0 Å². The van der Waals surface area contributed by atoms with Gasteiger partial charge in [0, 0.05) is 0 Å². The number of nitriles is 1. The Morgan fingerprint density at radius 1 is 1.50 bits per heavy atom. The van der Waals surface area contributed by atoms with Gasteiger partial charge in [-0.05, 0) is 30.7 Å². The summed E-state index contributed by atoms with van der Waals surface area (Å²) in [5.41, 5.74) is 0.0443. The molecule has 1 atom stereocenters. The third-order valence-electron chi connectivity index (χ3n) is 2.34. The average molecular weight is 271 g/mol. The molecule has 0 spiro atoms. The van der Waals surface area contributed by atoms with E-state index in [1.807, 2.05) is 0 Å². The van der Waals surface area contributed by atoms with Crippen LogP contribution in [0.15, 0.2) is 18.2 Å². The molecule has 1 rings (SSSR count). The summed E-state index contributed by atoms with van der Waals surface area (Å²) in [6.45, 7) is 1.04. The molecule has 0 radical (unpaired) electrons. The molecule has 1 unspecified atom stereocenters. The lowest BCUT2D eigenvalue weighted by Gasteiger charge is -2.08. The number of benzene rings is 1. The Morgan fingerprint density at radius 3 is 2.61 bits per heavy atom. The normalized spacial score (nSPS) is 12.7. The first-order valence-electron chi connectivity index (χ1n) is 4.90. The third-order valence-corrected chi connectivity index (χ3v) is 4.36. The zero-order valence-corrected chi connectivity index (χ0v) is 10.2. The van der Waals surface area contributed by atoms with Crippen LogP contribution in [0.5, 0.6) is 0 Å². The highest BCUT2D eigenvalue weighted by molar-refractivity contribution is 7.91. The molecular formula is C11H10FNO4S. The lowest BCUT2D eigenvalue weighted by atomic mass is 10.1. The smallest absolute Gasteiger partial charge is 0.321 e. The fourth-order valence-electron chi connectivity index (χ4n) is 1.31. The highest BCUT2D eigenvalue weighted by atomic mass is 32.2. The molecule has 18 heavy (non-hydrogen) atoms. The number of halogens is 1. The molecule has 0 aliphatic carbocycles. The van der Waals surface area contributed by atoms with Gasteiger partial charge in [-0.3, -0.25) is 4.79 Å². The summed E-state index contributed by atoms with van der Waals surface area (Å²) in [5, 5.41) is 15.7. The van der Waals surface area contributed by atoms with Crippen molar-refractivity contribution >= 4 is 15.8 Å². The van der Waals surface area contributed by atoms with Crippen molar-refractivity contribution in [2.24, 2.45) is 0 Å². The highest BCUT2D eigenvalue weighted by Gasteiger charge is 2.27. The van der Waals surface area contributed by atoms with Crippen molar-refractivity contribution in [3.63, 3.8) is 0 Å². The molecule has 0 amide bonds. The molecule has 0 heterocycles. The van der Waals surface area contributed by atoms with Gasteiger partial charge in [0.25, 0.3) is 0 Å². The lowest BCUT2D eigenvalue weighted by Crippen LogP contribution is -2.28. The number of carbonyl (C=O) groups is 1. The van der Waals surface area contributed by atoms with Gasteiger partial charge in [-0.2, -0.15) is 5.26 Å². The topological polar surface area (TPSA) is 95.2 Å². The second-order valence-electron chi connectivity index (χ2n) is 3.75. The minimum absolute atomic E-state index is 0.0109. The van der Waals surface area contributed by atoms with E-state index in [1.54, 1.807) is 6.07 Å². The maximum Gasteiger partial charge on any atom is 0.321 e. The van der Waals surface area contributed by atoms with E-state index in [0.29, 0.717) is 0 Å². The van der Waals surface area contributed by atoms with E-state index in [9.17, 15) is 17.6 Å². The number of rotatable bonds is 4. The van der Waals surface area contributed by atoms with Crippen molar-refractivity contribution in [2.75, 3.05) is 0 Å². The van der Waals surface area contributed by atoms with Crippen molar-refractivity contribution in [1.82, 2.24) is 0 Å². The molecule has 1 N–H and O–H groups in total.